The molecule has 0 heteroatoms. The molecule has 2 unspecified atom stereocenters. The summed E-state index contributed by atoms with van der Waals surface area (Å²) in [5.74, 6) is 0. The molecule has 2 aliphatic rings. The first-order chi connectivity index (χ1) is 6.55. The van der Waals surface area contributed by atoms with E-state index in [-0.39, 0.29) is 0 Å². The molecule has 2 rings (SSSR count). The van der Waals surface area contributed by atoms with Gasteiger partial charge in [-0.15, -0.1) is 0 Å². The SMILES string of the molecule is CC.CCC1=CC2(C)C=CC(C)(C1)C2. The van der Waals surface area contributed by atoms with Gasteiger partial charge in [0.15, 0.2) is 0 Å². The molecular formula is C14H24. The molecule has 0 aliphatic heterocycles. The van der Waals surface area contributed by atoms with Gasteiger partial charge in [0, 0.05) is 5.41 Å². The topological polar surface area (TPSA) is 0 Å². The first kappa shape index (κ1) is 11.6. The van der Waals surface area contributed by atoms with Crippen molar-refractivity contribution in [3.63, 3.8) is 0 Å². The van der Waals surface area contributed by atoms with E-state index in [1.165, 1.54) is 19.3 Å². The summed E-state index contributed by atoms with van der Waals surface area (Å²) < 4.78 is 0. The minimum atomic E-state index is 0.387. The molecule has 0 aromatic heterocycles. The zero-order valence-electron chi connectivity index (χ0n) is 10.4. The van der Waals surface area contributed by atoms with Gasteiger partial charge in [-0.2, -0.15) is 0 Å². The molecule has 80 valence electrons. The molecular weight excluding hydrogens is 168 g/mol. The second kappa shape index (κ2) is 3.92. The molecule has 0 saturated heterocycles. The maximum Gasteiger partial charge on any atom is 0.00438 e. The highest BCUT2D eigenvalue weighted by molar-refractivity contribution is 5.30. The number of hydrogen-bond donors (Lipinski definition) is 0. The van der Waals surface area contributed by atoms with Gasteiger partial charge in [-0.1, -0.05) is 58.4 Å². The van der Waals surface area contributed by atoms with Crippen LogP contribution in [0.3, 0.4) is 0 Å². The van der Waals surface area contributed by atoms with Crippen LogP contribution in [0.4, 0.5) is 0 Å². The molecule has 2 aliphatic carbocycles. The fraction of sp³-hybridized carbons (Fsp3) is 0.714. The fourth-order valence-electron chi connectivity index (χ4n) is 2.86. The Labute approximate surface area is 89.1 Å². The smallest absolute Gasteiger partial charge is 0.00438 e. The highest BCUT2D eigenvalue weighted by Gasteiger charge is 2.40. The normalized spacial score (nSPS) is 38.8. The molecule has 0 amide bonds. The molecule has 0 radical (unpaired) electrons. The van der Waals surface area contributed by atoms with Crippen molar-refractivity contribution < 1.29 is 0 Å². The number of allylic oxidation sites excluding steroid dienone is 4. The van der Waals surface area contributed by atoms with Crippen molar-refractivity contribution in [2.45, 2.75) is 53.9 Å². The summed E-state index contributed by atoms with van der Waals surface area (Å²) in [6.07, 6.45) is 11.1. The molecule has 0 aromatic carbocycles. The van der Waals surface area contributed by atoms with Gasteiger partial charge < -0.3 is 0 Å². The summed E-state index contributed by atoms with van der Waals surface area (Å²) in [5, 5.41) is 0. The maximum atomic E-state index is 2.48. The molecule has 0 spiro atoms. The van der Waals surface area contributed by atoms with Crippen molar-refractivity contribution in [1.29, 1.82) is 0 Å². The third-order valence-electron chi connectivity index (χ3n) is 3.27. The molecule has 0 aromatic rings. The second-order valence-electron chi connectivity index (χ2n) is 5.00. The molecule has 14 heavy (non-hydrogen) atoms. The van der Waals surface area contributed by atoms with Crippen molar-refractivity contribution in [3.8, 4) is 0 Å². The summed E-state index contributed by atoms with van der Waals surface area (Å²) in [5.41, 5.74) is 2.52. The fourth-order valence-corrected chi connectivity index (χ4v) is 2.86. The van der Waals surface area contributed by atoms with Crippen LogP contribution < -0.4 is 0 Å². The van der Waals surface area contributed by atoms with Crippen LogP contribution in [0.5, 0.6) is 0 Å². The highest BCUT2D eigenvalue weighted by atomic mass is 14.4. The standard InChI is InChI=1S/C12H18.C2H6/c1-4-10-7-11(2)5-6-12(3,8-10)9-11;1-2/h5-7H,4,8-9H2,1-3H3;1-2H3. The van der Waals surface area contributed by atoms with Gasteiger partial charge in [0.2, 0.25) is 0 Å². The van der Waals surface area contributed by atoms with Crippen molar-refractivity contribution in [1.82, 2.24) is 0 Å². The summed E-state index contributed by atoms with van der Waals surface area (Å²) >= 11 is 0. The van der Waals surface area contributed by atoms with Gasteiger partial charge in [0.1, 0.15) is 0 Å². The Morgan fingerprint density at radius 1 is 1.21 bits per heavy atom. The van der Waals surface area contributed by atoms with E-state index in [1.54, 1.807) is 5.57 Å². The van der Waals surface area contributed by atoms with Gasteiger partial charge >= 0.3 is 0 Å². The quantitative estimate of drug-likeness (QED) is 0.527. The minimum absolute atomic E-state index is 0.387. The molecule has 0 fully saturated rings. The van der Waals surface area contributed by atoms with E-state index in [2.05, 4.69) is 39.0 Å². The Kier molecular flexibility index (Phi) is 3.24. The zero-order valence-corrected chi connectivity index (χ0v) is 10.4. The third kappa shape index (κ3) is 2.10. The van der Waals surface area contributed by atoms with Crippen LogP contribution in [0.25, 0.3) is 0 Å². The first-order valence-electron chi connectivity index (χ1n) is 5.96. The van der Waals surface area contributed by atoms with E-state index < -0.39 is 0 Å². The summed E-state index contributed by atoms with van der Waals surface area (Å²) in [7, 11) is 0. The van der Waals surface area contributed by atoms with E-state index in [9.17, 15) is 0 Å². The van der Waals surface area contributed by atoms with Crippen molar-refractivity contribution in [3.05, 3.63) is 23.8 Å². The Hall–Kier alpha value is -0.520. The van der Waals surface area contributed by atoms with E-state index in [0.717, 1.165) is 0 Å². The van der Waals surface area contributed by atoms with Crippen molar-refractivity contribution >= 4 is 0 Å². The van der Waals surface area contributed by atoms with Crippen LogP contribution in [0.15, 0.2) is 23.8 Å². The van der Waals surface area contributed by atoms with E-state index in [4.69, 9.17) is 0 Å². The lowest BCUT2D eigenvalue weighted by Gasteiger charge is -2.34. The predicted molar refractivity (Wildman–Crippen MR) is 64.3 cm³/mol. The molecule has 0 saturated carbocycles. The van der Waals surface area contributed by atoms with Crippen LogP contribution in [-0.4, -0.2) is 0 Å². The predicted octanol–water partition coefficient (Wildman–Crippen LogP) is 4.73. The average molecular weight is 192 g/mol. The monoisotopic (exact) mass is 192 g/mol. The molecule has 0 N–H and O–H groups in total. The summed E-state index contributed by atoms with van der Waals surface area (Å²) in [6.45, 7) is 11.0. The van der Waals surface area contributed by atoms with E-state index in [1.807, 2.05) is 13.8 Å². The van der Waals surface area contributed by atoms with E-state index >= 15 is 0 Å². The van der Waals surface area contributed by atoms with Crippen LogP contribution in [-0.2, 0) is 0 Å². The first-order valence-corrected chi connectivity index (χ1v) is 5.96. The van der Waals surface area contributed by atoms with Gasteiger partial charge in [-0.05, 0) is 24.7 Å². The van der Waals surface area contributed by atoms with Crippen LogP contribution in [0.2, 0.25) is 0 Å². The van der Waals surface area contributed by atoms with Gasteiger partial charge in [0.05, 0.1) is 0 Å². The lowest BCUT2D eigenvalue weighted by atomic mass is 9.70. The third-order valence-corrected chi connectivity index (χ3v) is 3.27. The Morgan fingerprint density at radius 3 is 2.36 bits per heavy atom. The molecule has 0 nitrogen and oxygen atoms in total. The average Bonchev–Trinajstić information content (AvgIpc) is 2.38. The Balaban J connectivity index is 0.000000461. The lowest BCUT2D eigenvalue weighted by Crippen LogP contribution is -2.22. The highest BCUT2D eigenvalue weighted by Crippen LogP contribution is 2.52. The largest absolute Gasteiger partial charge is 0.0814 e. The summed E-state index contributed by atoms with van der Waals surface area (Å²) in [4.78, 5) is 0. The maximum absolute atomic E-state index is 2.48. The summed E-state index contributed by atoms with van der Waals surface area (Å²) in [6, 6.07) is 0. The lowest BCUT2D eigenvalue weighted by molar-refractivity contribution is 0.305. The van der Waals surface area contributed by atoms with Gasteiger partial charge in [0.25, 0.3) is 0 Å². The van der Waals surface area contributed by atoms with E-state index in [0.29, 0.717) is 10.8 Å². The Bertz CT molecular complexity index is 259. The van der Waals surface area contributed by atoms with Crippen molar-refractivity contribution in [2.24, 2.45) is 10.8 Å². The minimum Gasteiger partial charge on any atom is -0.0814 e. The molecule has 2 bridgehead atoms. The molecule has 0 heterocycles. The Morgan fingerprint density at radius 2 is 1.86 bits per heavy atom. The zero-order chi connectivity index (χ0) is 10.8. The van der Waals surface area contributed by atoms with Crippen molar-refractivity contribution in [2.75, 3.05) is 0 Å². The van der Waals surface area contributed by atoms with Gasteiger partial charge in [-0.3, -0.25) is 0 Å². The molecule has 2 atom stereocenters. The van der Waals surface area contributed by atoms with Gasteiger partial charge in [-0.25, -0.2) is 0 Å². The second-order valence-corrected chi connectivity index (χ2v) is 5.00. The number of rotatable bonds is 1. The van der Waals surface area contributed by atoms with Crippen LogP contribution >= 0.6 is 0 Å². The number of hydrogen-bond acceptors (Lipinski definition) is 0. The van der Waals surface area contributed by atoms with Crippen LogP contribution in [0.1, 0.15) is 53.9 Å². The van der Waals surface area contributed by atoms with Crippen LogP contribution in [0, 0.1) is 10.8 Å². The number of fused-ring (bicyclic) bond motifs is 2.